The second-order valence-corrected chi connectivity index (χ2v) is 16.5. The first-order valence-corrected chi connectivity index (χ1v) is 24.3. The zero-order valence-electron chi connectivity index (χ0n) is 41.7. The second kappa shape index (κ2) is 31.6. The molecule has 2 fully saturated rings. The third-order valence-corrected chi connectivity index (χ3v) is 10.2. The molecule has 2 saturated heterocycles. The standard InChI is InChI=1S/C48H72O22/c1-9-17-33(49)59-29-47(45(67-39(55)23-15-7)43(65-37(53)21-13-5)31(27-61-47)63-35(51)19-11-3)69-41(57)25-26-42(58)70-48(30-60-34(50)18-10-2)46(68-40(56)24-16-8)44(66-38(54)22-14-6)32(28-62-48)64-36(52)20-12-4/h25-26,31-32,43-46H,9-24,27-30H2,1-8H3/b26-25+/t31-,32-,43+,44+,45+,46+,47-,48-/m0/s1. The predicted molar refractivity (Wildman–Crippen MR) is 239 cm³/mol. The van der Waals surface area contributed by atoms with E-state index < -0.39 is 134 Å². The smallest absolute Gasteiger partial charge is 0.333 e. The van der Waals surface area contributed by atoms with E-state index in [0.717, 1.165) is 0 Å². The number of hydrogen-bond donors (Lipinski definition) is 0. The monoisotopic (exact) mass is 1000 g/mol. The van der Waals surface area contributed by atoms with Crippen molar-refractivity contribution in [3.8, 4) is 0 Å². The van der Waals surface area contributed by atoms with Crippen molar-refractivity contribution in [3.05, 3.63) is 12.2 Å². The first-order chi connectivity index (χ1) is 33.4. The maximum Gasteiger partial charge on any atom is 0.333 e. The lowest BCUT2D eigenvalue weighted by Crippen LogP contribution is -2.67. The Kier molecular flexibility index (Phi) is 27.3. The Morgan fingerprint density at radius 3 is 0.929 bits per heavy atom. The molecule has 0 aromatic rings. The van der Waals surface area contributed by atoms with E-state index >= 15 is 0 Å². The van der Waals surface area contributed by atoms with Crippen LogP contribution in [0.2, 0.25) is 0 Å². The molecule has 22 nitrogen and oxygen atoms in total. The van der Waals surface area contributed by atoms with Crippen LogP contribution in [0.3, 0.4) is 0 Å². The molecule has 2 rings (SSSR count). The van der Waals surface area contributed by atoms with Crippen LogP contribution >= 0.6 is 0 Å². The van der Waals surface area contributed by atoms with Gasteiger partial charge in [0, 0.05) is 63.5 Å². The van der Waals surface area contributed by atoms with Crippen molar-refractivity contribution in [1.82, 2.24) is 0 Å². The summed E-state index contributed by atoms with van der Waals surface area (Å²) in [5.74, 6) is -14.5. The molecular weight excluding hydrogens is 929 g/mol. The van der Waals surface area contributed by atoms with Crippen molar-refractivity contribution in [3.63, 3.8) is 0 Å². The van der Waals surface area contributed by atoms with E-state index in [4.69, 9.17) is 56.8 Å². The van der Waals surface area contributed by atoms with Crippen molar-refractivity contribution in [1.29, 1.82) is 0 Å². The summed E-state index contributed by atoms with van der Waals surface area (Å²) < 4.78 is 68.8. The highest BCUT2D eigenvalue weighted by molar-refractivity contribution is 5.92. The van der Waals surface area contributed by atoms with E-state index in [1.807, 2.05) is 0 Å². The molecule has 0 aromatic heterocycles. The summed E-state index contributed by atoms with van der Waals surface area (Å²) in [7, 11) is 0. The lowest BCUT2D eigenvalue weighted by atomic mass is 9.95. The number of hydrogen-bond acceptors (Lipinski definition) is 22. The van der Waals surface area contributed by atoms with Gasteiger partial charge in [0.15, 0.2) is 37.6 Å². The SMILES string of the molecule is CCCC(=O)OC[C@@]1(OC(=O)/C=C/C(=O)O[C@]2(COC(=O)CCC)OC[C@H](OC(=O)CCC)[C@@H](OC(=O)CCC)[C@H]2OC(=O)CCC)OC[C@H](OC(=O)CCC)[C@@H](OC(=O)CCC)[C@H]1OC(=O)CCC. The van der Waals surface area contributed by atoms with Crippen LogP contribution in [0, 0.1) is 0 Å². The minimum absolute atomic E-state index is 0.0465. The van der Waals surface area contributed by atoms with Gasteiger partial charge in [-0.15, -0.1) is 0 Å². The molecule has 0 aromatic carbocycles. The predicted octanol–water partition coefficient (Wildman–Crippen LogP) is 5.04. The fraction of sp³-hybridized carbons (Fsp3) is 0.750. The molecule has 0 saturated carbocycles. The van der Waals surface area contributed by atoms with Gasteiger partial charge >= 0.3 is 59.7 Å². The van der Waals surface area contributed by atoms with Gasteiger partial charge in [-0.05, 0) is 51.4 Å². The topological polar surface area (TPSA) is 281 Å². The van der Waals surface area contributed by atoms with E-state index in [1.165, 1.54) is 0 Å². The Hall–Kier alpha value is -5.64. The number of carbonyl (C=O) groups excluding carboxylic acids is 10. The fourth-order valence-corrected chi connectivity index (χ4v) is 6.93. The fourth-order valence-electron chi connectivity index (χ4n) is 6.93. The third-order valence-electron chi connectivity index (χ3n) is 10.2. The molecule has 0 amide bonds. The summed E-state index contributed by atoms with van der Waals surface area (Å²) in [6, 6.07) is 0. The maximum atomic E-state index is 14.0. The van der Waals surface area contributed by atoms with Gasteiger partial charge in [-0.3, -0.25) is 38.4 Å². The van der Waals surface area contributed by atoms with Crippen LogP contribution in [0.5, 0.6) is 0 Å². The average Bonchev–Trinajstić information content (AvgIpc) is 3.29. The van der Waals surface area contributed by atoms with Gasteiger partial charge < -0.3 is 56.8 Å². The summed E-state index contributed by atoms with van der Waals surface area (Å²) in [5, 5.41) is 0. The molecule has 0 N–H and O–H groups in total. The Labute approximate surface area is 408 Å². The van der Waals surface area contributed by atoms with Crippen LogP contribution in [0.4, 0.5) is 0 Å². The van der Waals surface area contributed by atoms with Crippen molar-refractivity contribution >= 4 is 59.7 Å². The van der Waals surface area contributed by atoms with E-state index in [0.29, 0.717) is 50.7 Å². The molecule has 0 aliphatic carbocycles. The lowest BCUT2D eigenvalue weighted by Gasteiger charge is -2.46. The Morgan fingerprint density at radius 2 is 0.643 bits per heavy atom. The summed E-state index contributed by atoms with van der Waals surface area (Å²) in [5.41, 5.74) is 0. The Bertz CT molecular complexity index is 1670. The highest BCUT2D eigenvalue weighted by Gasteiger charge is 2.62. The Morgan fingerprint density at radius 1 is 0.386 bits per heavy atom. The molecule has 396 valence electrons. The molecule has 0 radical (unpaired) electrons. The van der Waals surface area contributed by atoms with Crippen LogP contribution < -0.4 is 0 Å². The summed E-state index contributed by atoms with van der Waals surface area (Å²) in [6.07, 6.45) is -7.30. The summed E-state index contributed by atoms with van der Waals surface area (Å²) in [6.45, 7) is 10.4. The zero-order valence-corrected chi connectivity index (χ0v) is 41.7. The molecule has 0 bridgehead atoms. The van der Waals surface area contributed by atoms with Crippen LogP contribution in [0.15, 0.2) is 12.2 Å². The first kappa shape index (κ1) is 60.5. The molecule has 70 heavy (non-hydrogen) atoms. The maximum absolute atomic E-state index is 14.0. The van der Waals surface area contributed by atoms with Crippen molar-refractivity contribution in [2.24, 2.45) is 0 Å². The summed E-state index contributed by atoms with van der Waals surface area (Å²) in [4.78, 5) is 132. The van der Waals surface area contributed by atoms with Crippen LogP contribution in [-0.2, 0) is 105 Å². The number of esters is 10. The van der Waals surface area contributed by atoms with Gasteiger partial charge in [-0.1, -0.05) is 55.4 Å². The lowest BCUT2D eigenvalue weighted by molar-refractivity contribution is -0.339. The van der Waals surface area contributed by atoms with Gasteiger partial charge in [0.05, 0.1) is 13.2 Å². The Balaban J connectivity index is 2.76. The second-order valence-electron chi connectivity index (χ2n) is 16.5. The van der Waals surface area contributed by atoms with E-state index in [9.17, 15) is 47.9 Å². The molecule has 0 unspecified atom stereocenters. The largest absolute Gasteiger partial charge is 0.458 e. The minimum atomic E-state index is -2.61. The number of rotatable bonds is 30. The third kappa shape index (κ3) is 19.6. The van der Waals surface area contributed by atoms with Crippen molar-refractivity contribution in [2.45, 2.75) is 206 Å². The van der Waals surface area contributed by atoms with Crippen LogP contribution in [-0.4, -0.2) is 134 Å². The summed E-state index contributed by atoms with van der Waals surface area (Å²) >= 11 is 0. The molecule has 2 aliphatic heterocycles. The van der Waals surface area contributed by atoms with E-state index in [-0.39, 0.29) is 64.2 Å². The molecule has 0 spiro atoms. The number of carbonyl (C=O) groups is 10. The highest BCUT2D eigenvalue weighted by atomic mass is 16.8. The van der Waals surface area contributed by atoms with Gasteiger partial charge in [-0.2, -0.15) is 0 Å². The molecule has 2 aliphatic rings. The van der Waals surface area contributed by atoms with Gasteiger partial charge in [-0.25, -0.2) is 9.59 Å². The van der Waals surface area contributed by atoms with Crippen LogP contribution in [0.25, 0.3) is 0 Å². The molecular formula is C48H72O22. The molecule has 22 heteroatoms. The van der Waals surface area contributed by atoms with Crippen molar-refractivity contribution < 1.29 is 105 Å². The van der Waals surface area contributed by atoms with Gasteiger partial charge in [0.25, 0.3) is 11.6 Å². The van der Waals surface area contributed by atoms with Crippen molar-refractivity contribution in [2.75, 3.05) is 26.4 Å². The minimum Gasteiger partial charge on any atom is -0.458 e. The first-order valence-electron chi connectivity index (χ1n) is 24.3. The quantitative estimate of drug-likeness (QED) is 0.0517. The average molecular weight is 1000 g/mol. The van der Waals surface area contributed by atoms with Gasteiger partial charge in [0.1, 0.15) is 0 Å². The van der Waals surface area contributed by atoms with E-state index in [1.54, 1.807) is 55.4 Å². The highest BCUT2D eigenvalue weighted by Crippen LogP contribution is 2.37. The van der Waals surface area contributed by atoms with Gasteiger partial charge in [0.2, 0.25) is 12.2 Å². The van der Waals surface area contributed by atoms with E-state index in [2.05, 4.69) is 0 Å². The molecule has 2 heterocycles. The van der Waals surface area contributed by atoms with Crippen LogP contribution in [0.1, 0.15) is 158 Å². The molecule has 8 atom stereocenters. The number of ether oxygens (including phenoxy) is 12. The zero-order chi connectivity index (χ0) is 52.3. The normalized spacial score (nSPS) is 24.0.